The van der Waals surface area contributed by atoms with Gasteiger partial charge in [0, 0.05) is 19.3 Å². The van der Waals surface area contributed by atoms with Crippen molar-refractivity contribution in [3.05, 3.63) is 36.5 Å². The van der Waals surface area contributed by atoms with E-state index in [0.29, 0.717) is 19.3 Å². The Kier molecular flexibility index (Phi) is 51.3. The van der Waals surface area contributed by atoms with Crippen molar-refractivity contribution in [3.63, 3.8) is 0 Å². The van der Waals surface area contributed by atoms with Crippen molar-refractivity contribution in [2.75, 3.05) is 13.2 Å². The van der Waals surface area contributed by atoms with E-state index in [-0.39, 0.29) is 31.1 Å². The highest BCUT2D eigenvalue weighted by molar-refractivity contribution is 5.71. The first-order valence-electron chi connectivity index (χ1n) is 28.0. The third-order valence-corrected chi connectivity index (χ3v) is 12.4. The molecular weight excluding hydrogens is 793 g/mol. The number of carbonyl (C=O) groups excluding carboxylic acids is 3. The maximum Gasteiger partial charge on any atom is 0.306 e. The summed E-state index contributed by atoms with van der Waals surface area (Å²) in [6.45, 7) is 6.63. The van der Waals surface area contributed by atoms with Crippen molar-refractivity contribution >= 4 is 17.9 Å². The van der Waals surface area contributed by atoms with Crippen LogP contribution in [0.5, 0.6) is 0 Å². The van der Waals surface area contributed by atoms with Crippen LogP contribution in [0.4, 0.5) is 0 Å². The molecule has 0 amide bonds. The van der Waals surface area contributed by atoms with Crippen LogP contribution in [0.25, 0.3) is 0 Å². The lowest BCUT2D eigenvalue weighted by molar-refractivity contribution is -0.167. The Hall–Kier alpha value is -2.37. The van der Waals surface area contributed by atoms with Gasteiger partial charge in [-0.1, -0.05) is 243 Å². The Morgan fingerprint density at radius 1 is 0.312 bits per heavy atom. The average Bonchev–Trinajstić information content (AvgIpc) is 3.29. The quantitative estimate of drug-likeness (QED) is 0.0199. The molecular formula is C58H106O6. The van der Waals surface area contributed by atoms with E-state index in [1.54, 1.807) is 0 Å². The zero-order valence-electron chi connectivity index (χ0n) is 42.8. The summed E-state index contributed by atoms with van der Waals surface area (Å²) in [5, 5.41) is 0. The van der Waals surface area contributed by atoms with Gasteiger partial charge in [-0.15, -0.1) is 0 Å². The Labute approximate surface area is 397 Å². The molecule has 64 heavy (non-hydrogen) atoms. The van der Waals surface area contributed by atoms with Crippen LogP contribution >= 0.6 is 0 Å². The fourth-order valence-corrected chi connectivity index (χ4v) is 8.14. The van der Waals surface area contributed by atoms with Gasteiger partial charge in [0.1, 0.15) is 13.2 Å². The predicted octanol–water partition coefficient (Wildman–Crippen LogP) is 18.5. The fourth-order valence-electron chi connectivity index (χ4n) is 8.14. The summed E-state index contributed by atoms with van der Waals surface area (Å²) in [4.78, 5) is 38.1. The van der Waals surface area contributed by atoms with Crippen LogP contribution in [0.3, 0.4) is 0 Å². The van der Waals surface area contributed by atoms with E-state index in [1.165, 1.54) is 167 Å². The van der Waals surface area contributed by atoms with Gasteiger partial charge in [0.25, 0.3) is 0 Å². The number of esters is 3. The number of rotatable bonds is 51. The molecule has 0 rings (SSSR count). The van der Waals surface area contributed by atoms with Gasteiger partial charge in [-0.05, 0) is 70.6 Å². The number of carbonyl (C=O) groups is 3. The molecule has 0 aliphatic heterocycles. The van der Waals surface area contributed by atoms with Crippen LogP contribution < -0.4 is 0 Å². The summed E-state index contributed by atoms with van der Waals surface area (Å²) in [6.07, 6.45) is 62.7. The van der Waals surface area contributed by atoms with E-state index < -0.39 is 6.10 Å². The maximum absolute atomic E-state index is 12.8. The van der Waals surface area contributed by atoms with Crippen molar-refractivity contribution in [1.82, 2.24) is 0 Å². The number of hydrogen-bond donors (Lipinski definition) is 0. The first-order valence-corrected chi connectivity index (χ1v) is 28.0. The standard InChI is InChI=1S/C58H106O6/c1-4-7-10-13-16-19-22-25-27-28-29-31-33-36-39-42-45-48-51-57(60)63-54-55(53-62-56(59)50-47-44-41-38-35-32-24-21-18-15-12-9-6-3)64-58(61)52-49-46-43-40-37-34-30-26-23-20-17-14-11-8-5-2/h27-29,31-32,35,55H,4-26,30,33-34,36-54H2,1-3H3/b28-27-,31-29-,35-32-. The van der Waals surface area contributed by atoms with E-state index >= 15 is 0 Å². The number of unbranched alkanes of at least 4 members (excludes halogenated alkanes) is 35. The summed E-state index contributed by atoms with van der Waals surface area (Å²) in [5.74, 6) is -0.896. The molecule has 0 fully saturated rings. The van der Waals surface area contributed by atoms with Gasteiger partial charge in [0.2, 0.25) is 0 Å². The number of ether oxygens (including phenoxy) is 3. The van der Waals surface area contributed by atoms with E-state index in [9.17, 15) is 14.4 Å². The van der Waals surface area contributed by atoms with E-state index in [2.05, 4.69) is 57.2 Å². The maximum atomic E-state index is 12.8. The molecule has 374 valence electrons. The van der Waals surface area contributed by atoms with Gasteiger partial charge in [-0.3, -0.25) is 14.4 Å². The predicted molar refractivity (Wildman–Crippen MR) is 275 cm³/mol. The normalized spacial score (nSPS) is 12.2. The minimum Gasteiger partial charge on any atom is -0.462 e. The monoisotopic (exact) mass is 899 g/mol. The smallest absolute Gasteiger partial charge is 0.306 e. The van der Waals surface area contributed by atoms with Crippen molar-refractivity contribution < 1.29 is 28.6 Å². The molecule has 0 aromatic rings. The fraction of sp³-hybridized carbons (Fsp3) is 0.845. The Morgan fingerprint density at radius 3 is 0.891 bits per heavy atom. The van der Waals surface area contributed by atoms with Gasteiger partial charge in [-0.2, -0.15) is 0 Å². The average molecular weight is 899 g/mol. The van der Waals surface area contributed by atoms with Gasteiger partial charge < -0.3 is 14.2 Å². The van der Waals surface area contributed by atoms with E-state index in [4.69, 9.17) is 14.2 Å². The SMILES string of the molecule is CCCCCCCC/C=C\CCCCCC(=O)OCC(COC(=O)CCCCCCC/C=C\C=C/CCCCCCCCC)OC(=O)CCCCCCCCCCCCCCCCC. The second-order valence-corrected chi connectivity index (χ2v) is 18.9. The number of allylic oxidation sites excluding steroid dienone is 6. The summed E-state index contributed by atoms with van der Waals surface area (Å²) in [6, 6.07) is 0. The first kappa shape index (κ1) is 61.6. The van der Waals surface area contributed by atoms with Gasteiger partial charge in [0.05, 0.1) is 0 Å². The van der Waals surface area contributed by atoms with Crippen molar-refractivity contribution in [1.29, 1.82) is 0 Å². The molecule has 1 atom stereocenters. The Balaban J connectivity index is 4.38. The lowest BCUT2D eigenvalue weighted by Gasteiger charge is -2.18. The van der Waals surface area contributed by atoms with Crippen LogP contribution in [0.1, 0.15) is 297 Å². The highest BCUT2D eigenvalue weighted by Gasteiger charge is 2.19. The summed E-state index contributed by atoms with van der Waals surface area (Å²) < 4.78 is 16.8. The summed E-state index contributed by atoms with van der Waals surface area (Å²) in [5.41, 5.74) is 0. The molecule has 1 unspecified atom stereocenters. The van der Waals surface area contributed by atoms with E-state index in [1.807, 2.05) is 0 Å². The molecule has 0 heterocycles. The molecule has 0 aliphatic carbocycles. The molecule has 0 aromatic carbocycles. The molecule has 0 saturated carbocycles. The van der Waals surface area contributed by atoms with Crippen LogP contribution in [-0.4, -0.2) is 37.2 Å². The summed E-state index contributed by atoms with van der Waals surface area (Å²) in [7, 11) is 0. The number of hydrogen-bond acceptors (Lipinski definition) is 6. The second-order valence-electron chi connectivity index (χ2n) is 18.9. The largest absolute Gasteiger partial charge is 0.462 e. The highest BCUT2D eigenvalue weighted by Crippen LogP contribution is 2.16. The molecule has 0 spiro atoms. The van der Waals surface area contributed by atoms with Crippen LogP contribution in [0.2, 0.25) is 0 Å². The molecule has 0 radical (unpaired) electrons. The Bertz CT molecular complexity index is 1080. The third kappa shape index (κ3) is 50.6. The third-order valence-electron chi connectivity index (χ3n) is 12.4. The molecule has 0 bridgehead atoms. The lowest BCUT2D eigenvalue weighted by Crippen LogP contribution is -2.30. The lowest BCUT2D eigenvalue weighted by atomic mass is 10.0. The van der Waals surface area contributed by atoms with Crippen LogP contribution in [-0.2, 0) is 28.6 Å². The first-order chi connectivity index (χ1) is 31.5. The van der Waals surface area contributed by atoms with Crippen LogP contribution in [0, 0.1) is 0 Å². The summed E-state index contributed by atoms with van der Waals surface area (Å²) >= 11 is 0. The highest BCUT2D eigenvalue weighted by atomic mass is 16.6. The van der Waals surface area contributed by atoms with E-state index in [0.717, 1.165) is 89.9 Å². The second kappa shape index (κ2) is 53.2. The topological polar surface area (TPSA) is 78.9 Å². The molecule has 6 heteroatoms. The van der Waals surface area contributed by atoms with Gasteiger partial charge in [0.15, 0.2) is 6.10 Å². The molecule has 0 N–H and O–H groups in total. The zero-order chi connectivity index (χ0) is 46.5. The molecule has 0 aromatic heterocycles. The minimum absolute atomic E-state index is 0.0817. The zero-order valence-corrected chi connectivity index (χ0v) is 42.8. The van der Waals surface area contributed by atoms with Gasteiger partial charge in [-0.25, -0.2) is 0 Å². The van der Waals surface area contributed by atoms with Crippen molar-refractivity contribution in [2.24, 2.45) is 0 Å². The van der Waals surface area contributed by atoms with Gasteiger partial charge >= 0.3 is 17.9 Å². The minimum atomic E-state index is -0.781. The van der Waals surface area contributed by atoms with Crippen LogP contribution in [0.15, 0.2) is 36.5 Å². The van der Waals surface area contributed by atoms with Crippen molar-refractivity contribution in [3.8, 4) is 0 Å². The molecule has 6 nitrogen and oxygen atoms in total. The van der Waals surface area contributed by atoms with Crippen molar-refractivity contribution in [2.45, 2.75) is 303 Å². The molecule has 0 aliphatic rings. The Morgan fingerprint density at radius 2 is 0.562 bits per heavy atom. The molecule has 0 saturated heterocycles.